The van der Waals surface area contributed by atoms with E-state index in [9.17, 15) is 4.79 Å². The molecule has 1 aliphatic heterocycles. The quantitative estimate of drug-likeness (QED) is 0.340. The van der Waals surface area contributed by atoms with Crippen molar-refractivity contribution in [1.29, 1.82) is 0 Å². The van der Waals surface area contributed by atoms with Gasteiger partial charge in [-0.1, -0.05) is 26.7 Å². The molecule has 1 aliphatic carbocycles. The van der Waals surface area contributed by atoms with Crippen LogP contribution < -0.4 is 10.6 Å². The van der Waals surface area contributed by atoms with Gasteiger partial charge in [-0.05, 0) is 46.2 Å². The van der Waals surface area contributed by atoms with Crippen molar-refractivity contribution in [1.82, 2.24) is 20.4 Å². The van der Waals surface area contributed by atoms with Gasteiger partial charge in [0.2, 0.25) is 5.91 Å². The first kappa shape index (κ1) is 24.5. The Kier molecular flexibility index (Phi) is 10.4. The van der Waals surface area contributed by atoms with E-state index in [1.165, 1.54) is 25.7 Å². The van der Waals surface area contributed by atoms with Crippen LogP contribution in [0.5, 0.6) is 0 Å². The lowest BCUT2D eigenvalue weighted by Gasteiger charge is -2.44. The van der Waals surface area contributed by atoms with E-state index in [1.807, 2.05) is 11.8 Å². The van der Waals surface area contributed by atoms with Gasteiger partial charge in [-0.3, -0.25) is 9.79 Å². The van der Waals surface area contributed by atoms with Gasteiger partial charge < -0.3 is 20.4 Å². The largest absolute Gasteiger partial charge is 0.357 e. The highest BCUT2D eigenvalue weighted by Crippen LogP contribution is 2.35. The lowest BCUT2D eigenvalue weighted by atomic mass is 9.75. The molecule has 0 aromatic heterocycles. The Hall–Kier alpha value is -0.570. The zero-order valence-corrected chi connectivity index (χ0v) is 20.2. The van der Waals surface area contributed by atoms with Gasteiger partial charge in [-0.25, -0.2) is 0 Å². The van der Waals surface area contributed by atoms with E-state index in [0.29, 0.717) is 12.5 Å². The van der Waals surface area contributed by atoms with Crippen LogP contribution in [-0.4, -0.2) is 73.5 Å². The Morgan fingerprint density at radius 3 is 2.63 bits per heavy atom. The Bertz CT molecular complexity index is 499. The summed E-state index contributed by atoms with van der Waals surface area (Å²) in [6.07, 6.45) is 6.63. The molecule has 27 heavy (non-hydrogen) atoms. The van der Waals surface area contributed by atoms with E-state index in [4.69, 9.17) is 4.99 Å². The van der Waals surface area contributed by atoms with Crippen molar-refractivity contribution in [3.63, 3.8) is 0 Å². The molecule has 0 radical (unpaired) electrons. The number of amides is 1. The summed E-state index contributed by atoms with van der Waals surface area (Å²) in [6, 6.07) is 0.295. The van der Waals surface area contributed by atoms with Crippen LogP contribution in [0.2, 0.25) is 0 Å². The number of halogens is 1. The van der Waals surface area contributed by atoms with Gasteiger partial charge in [0.05, 0.1) is 6.54 Å². The smallest absolute Gasteiger partial charge is 0.222 e. The Labute approximate surface area is 182 Å². The van der Waals surface area contributed by atoms with Gasteiger partial charge in [0, 0.05) is 37.6 Å². The zero-order chi connectivity index (χ0) is 19.2. The number of guanidine groups is 1. The van der Waals surface area contributed by atoms with Crippen molar-refractivity contribution >= 4 is 35.8 Å². The zero-order valence-electron chi connectivity index (χ0n) is 17.9. The molecule has 6 nitrogen and oxygen atoms in total. The molecule has 2 aliphatic rings. The molecule has 2 N–H and O–H groups in total. The van der Waals surface area contributed by atoms with Crippen LogP contribution in [0, 0.1) is 5.92 Å². The summed E-state index contributed by atoms with van der Waals surface area (Å²) in [4.78, 5) is 21.2. The summed E-state index contributed by atoms with van der Waals surface area (Å²) in [5, 5.41) is 6.95. The van der Waals surface area contributed by atoms with E-state index in [2.05, 4.69) is 43.5 Å². The third-order valence-electron chi connectivity index (χ3n) is 6.08. The fourth-order valence-electron chi connectivity index (χ4n) is 4.39. The average molecular weight is 493 g/mol. The standard InChI is InChI=1S/C20H39N5O.HI/c1-6-18(26)25-12-10-17(14-25)23-19(21-7-2)22-15-20(24(4)5)11-8-9-16(3)13-20;/h16-17H,6-15H2,1-5H3,(H2,21,22,23);1H. The van der Waals surface area contributed by atoms with Gasteiger partial charge >= 0.3 is 0 Å². The van der Waals surface area contributed by atoms with Crippen LogP contribution in [0.4, 0.5) is 0 Å². The monoisotopic (exact) mass is 493 g/mol. The first-order valence-electron chi connectivity index (χ1n) is 10.4. The minimum absolute atomic E-state index is 0. The number of rotatable bonds is 6. The maximum atomic E-state index is 11.9. The predicted molar refractivity (Wildman–Crippen MR) is 124 cm³/mol. The normalized spacial score (nSPS) is 28.8. The Morgan fingerprint density at radius 1 is 1.30 bits per heavy atom. The Morgan fingerprint density at radius 2 is 2.04 bits per heavy atom. The van der Waals surface area contributed by atoms with Crippen molar-refractivity contribution in [2.45, 2.75) is 70.9 Å². The highest BCUT2D eigenvalue weighted by atomic mass is 127. The summed E-state index contributed by atoms with van der Waals surface area (Å²) in [6.45, 7) is 9.70. The number of carbonyl (C=O) groups is 1. The topological polar surface area (TPSA) is 60.0 Å². The van der Waals surface area contributed by atoms with Gasteiger partial charge in [-0.2, -0.15) is 0 Å². The predicted octanol–water partition coefficient (Wildman–Crippen LogP) is 2.68. The van der Waals surface area contributed by atoms with E-state index in [1.54, 1.807) is 0 Å². The highest BCUT2D eigenvalue weighted by molar-refractivity contribution is 14.0. The molecule has 0 aromatic carbocycles. The first-order chi connectivity index (χ1) is 12.4. The van der Waals surface area contributed by atoms with Crippen LogP contribution in [0.1, 0.15) is 59.3 Å². The number of likely N-dealkylation sites (N-methyl/N-ethyl adjacent to an activating group) is 1. The number of nitrogens with zero attached hydrogens (tertiary/aromatic N) is 3. The fourth-order valence-corrected chi connectivity index (χ4v) is 4.39. The molecule has 0 bridgehead atoms. The van der Waals surface area contributed by atoms with Crippen molar-refractivity contribution in [2.24, 2.45) is 10.9 Å². The molecule has 3 unspecified atom stereocenters. The fraction of sp³-hybridized carbons (Fsp3) is 0.900. The molecule has 7 heteroatoms. The molecule has 1 amide bonds. The molecule has 158 valence electrons. The summed E-state index contributed by atoms with van der Waals surface area (Å²) < 4.78 is 0. The maximum absolute atomic E-state index is 11.9. The van der Waals surface area contributed by atoms with Crippen LogP contribution in [0.25, 0.3) is 0 Å². The first-order valence-corrected chi connectivity index (χ1v) is 10.4. The molecular formula is C20H40IN5O. The second kappa shape index (κ2) is 11.4. The Balaban J connectivity index is 0.00000364. The van der Waals surface area contributed by atoms with Crippen molar-refractivity contribution < 1.29 is 4.79 Å². The minimum atomic E-state index is 0. The summed E-state index contributed by atoms with van der Waals surface area (Å²) >= 11 is 0. The van der Waals surface area contributed by atoms with Gasteiger partial charge in [0.1, 0.15) is 0 Å². The van der Waals surface area contributed by atoms with Crippen molar-refractivity contribution in [3.8, 4) is 0 Å². The lowest BCUT2D eigenvalue weighted by Crippen LogP contribution is -2.51. The number of carbonyl (C=O) groups excluding carboxylic acids is 1. The second-order valence-electron chi connectivity index (χ2n) is 8.34. The third-order valence-corrected chi connectivity index (χ3v) is 6.08. The molecule has 0 aromatic rings. The SMILES string of the molecule is CCNC(=NCC1(N(C)C)CCCC(C)C1)NC1CCN(C(=O)CC)C1.I. The highest BCUT2D eigenvalue weighted by Gasteiger charge is 2.37. The summed E-state index contributed by atoms with van der Waals surface area (Å²) in [7, 11) is 4.39. The second-order valence-corrected chi connectivity index (χ2v) is 8.34. The van der Waals surface area contributed by atoms with Gasteiger partial charge in [0.15, 0.2) is 5.96 Å². The van der Waals surface area contributed by atoms with Crippen molar-refractivity contribution in [2.75, 3.05) is 40.3 Å². The summed E-state index contributed by atoms with van der Waals surface area (Å²) in [5.41, 5.74) is 0.167. The lowest BCUT2D eigenvalue weighted by molar-refractivity contribution is -0.129. The van der Waals surface area contributed by atoms with Gasteiger partial charge in [-0.15, -0.1) is 24.0 Å². The number of hydrogen-bond acceptors (Lipinski definition) is 3. The molecule has 3 atom stereocenters. The van der Waals surface area contributed by atoms with Crippen LogP contribution >= 0.6 is 24.0 Å². The van der Waals surface area contributed by atoms with Crippen LogP contribution in [0.15, 0.2) is 4.99 Å². The molecule has 2 fully saturated rings. The molecule has 2 rings (SSSR count). The van der Waals surface area contributed by atoms with Gasteiger partial charge in [0.25, 0.3) is 0 Å². The average Bonchev–Trinajstić information content (AvgIpc) is 3.07. The number of hydrogen-bond donors (Lipinski definition) is 2. The van der Waals surface area contributed by atoms with E-state index in [0.717, 1.165) is 44.5 Å². The number of likely N-dealkylation sites (tertiary alicyclic amines) is 1. The van der Waals surface area contributed by atoms with E-state index >= 15 is 0 Å². The molecule has 0 spiro atoms. The molecule has 1 saturated heterocycles. The van der Waals surface area contributed by atoms with Crippen LogP contribution in [0.3, 0.4) is 0 Å². The number of nitrogens with one attached hydrogen (secondary N) is 2. The minimum Gasteiger partial charge on any atom is -0.357 e. The molecular weight excluding hydrogens is 453 g/mol. The van der Waals surface area contributed by atoms with E-state index in [-0.39, 0.29) is 35.4 Å². The summed E-state index contributed by atoms with van der Waals surface area (Å²) in [5.74, 6) is 1.90. The van der Waals surface area contributed by atoms with Crippen LogP contribution in [-0.2, 0) is 4.79 Å². The van der Waals surface area contributed by atoms with Crippen molar-refractivity contribution in [3.05, 3.63) is 0 Å². The number of aliphatic imine (C=N–C) groups is 1. The van der Waals surface area contributed by atoms with E-state index < -0.39 is 0 Å². The maximum Gasteiger partial charge on any atom is 0.222 e. The molecule has 1 saturated carbocycles. The molecule has 1 heterocycles. The third kappa shape index (κ3) is 6.76.